The number of hydrogen-bond acceptors (Lipinski definition) is 6. The molecule has 0 amide bonds. The van der Waals surface area contributed by atoms with Crippen LogP contribution in [0.4, 0.5) is 0 Å². The summed E-state index contributed by atoms with van der Waals surface area (Å²) in [6.07, 6.45) is 1.68. The normalized spacial score (nSPS) is 12.9. The van der Waals surface area contributed by atoms with E-state index < -0.39 is 0 Å². The lowest BCUT2D eigenvalue weighted by Gasteiger charge is -2.20. The third kappa shape index (κ3) is 2.66. The highest BCUT2D eigenvalue weighted by atomic mass is 32.1. The molecule has 20 heavy (non-hydrogen) atoms. The van der Waals surface area contributed by atoms with E-state index in [1.165, 1.54) is 0 Å². The topological polar surface area (TPSA) is 55.3 Å². The van der Waals surface area contributed by atoms with Crippen molar-refractivity contribution in [3.63, 3.8) is 0 Å². The molecule has 0 unspecified atom stereocenters. The largest absolute Gasteiger partial charge is 0.468 e. The van der Waals surface area contributed by atoms with Gasteiger partial charge in [0.05, 0.1) is 23.7 Å². The summed E-state index contributed by atoms with van der Waals surface area (Å²) in [5.74, 6) is 2.10. The van der Waals surface area contributed by atoms with E-state index in [4.69, 9.17) is 8.83 Å². The molecule has 0 saturated heterocycles. The molecule has 1 atom stereocenters. The summed E-state index contributed by atoms with van der Waals surface area (Å²) < 4.78 is 11.1. The van der Waals surface area contributed by atoms with E-state index in [9.17, 15) is 0 Å². The molecule has 6 heteroatoms. The summed E-state index contributed by atoms with van der Waals surface area (Å²) in [4.78, 5) is 3.09. The second-order valence-corrected chi connectivity index (χ2v) is 5.54. The molecule has 104 valence electrons. The van der Waals surface area contributed by atoms with Crippen LogP contribution in [0.25, 0.3) is 10.8 Å². The first-order chi connectivity index (χ1) is 9.74. The van der Waals surface area contributed by atoms with Gasteiger partial charge in [-0.2, -0.15) is 0 Å². The Kier molecular flexibility index (Phi) is 3.66. The summed E-state index contributed by atoms with van der Waals surface area (Å²) in [6, 6.07) is 7.81. The van der Waals surface area contributed by atoms with Gasteiger partial charge >= 0.3 is 0 Å². The lowest BCUT2D eigenvalue weighted by atomic mass is 10.3. The van der Waals surface area contributed by atoms with Crippen molar-refractivity contribution in [2.75, 3.05) is 7.05 Å². The molecule has 0 spiro atoms. The third-order valence-electron chi connectivity index (χ3n) is 3.18. The smallest absolute Gasteiger partial charge is 0.257 e. The molecular weight excluding hydrogens is 274 g/mol. The Hall–Kier alpha value is -1.92. The Labute approximate surface area is 120 Å². The monoisotopic (exact) mass is 289 g/mol. The fourth-order valence-electron chi connectivity index (χ4n) is 1.88. The van der Waals surface area contributed by atoms with Crippen molar-refractivity contribution in [1.82, 2.24) is 15.1 Å². The van der Waals surface area contributed by atoms with Gasteiger partial charge in [0, 0.05) is 0 Å². The maximum absolute atomic E-state index is 5.75. The zero-order valence-corrected chi connectivity index (χ0v) is 12.1. The number of hydrogen-bond donors (Lipinski definition) is 0. The molecule has 0 aliphatic carbocycles. The van der Waals surface area contributed by atoms with Crippen molar-refractivity contribution in [1.29, 1.82) is 0 Å². The highest BCUT2D eigenvalue weighted by molar-refractivity contribution is 7.13. The molecule has 3 aromatic heterocycles. The average molecular weight is 289 g/mol. The zero-order chi connectivity index (χ0) is 13.9. The van der Waals surface area contributed by atoms with Gasteiger partial charge in [-0.05, 0) is 37.6 Å². The van der Waals surface area contributed by atoms with Gasteiger partial charge in [0.2, 0.25) is 5.89 Å². The van der Waals surface area contributed by atoms with Crippen molar-refractivity contribution >= 4 is 11.3 Å². The third-order valence-corrected chi connectivity index (χ3v) is 4.03. The van der Waals surface area contributed by atoms with Crippen LogP contribution >= 0.6 is 11.3 Å². The number of rotatable bonds is 5. The van der Waals surface area contributed by atoms with Gasteiger partial charge in [-0.1, -0.05) is 6.07 Å². The second-order valence-electron chi connectivity index (χ2n) is 4.59. The van der Waals surface area contributed by atoms with Gasteiger partial charge < -0.3 is 8.83 Å². The Bertz CT molecular complexity index is 646. The Morgan fingerprint density at radius 3 is 2.90 bits per heavy atom. The van der Waals surface area contributed by atoms with E-state index in [1.54, 1.807) is 17.6 Å². The van der Waals surface area contributed by atoms with Gasteiger partial charge in [-0.3, -0.25) is 4.90 Å². The molecule has 5 nitrogen and oxygen atoms in total. The minimum atomic E-state index is 0.0290. The average Bonchev–Trinajstić information content (AvgIpc) is 3.18. The number of thiophene rings is 1. The molecule has 0 aliphatic rings. The van der Waals surface area contributed by atoms with Crippen LogP contribution in [0.3, 0.4) is 0 Å². The minimum Gasteiger partial charge on any atom is -0.468 e. The summed E-state index contributed by atoms with van der Waals surface area (Å²) in [7, 11) is 2.00. The van der Waals surface area contributed by atoms with Gasteiger partial charge in [0.15, 0.2) is 0 Å². The van der Waals surface area contributed by atoms with E-state index in [2.05, 4.69) is 15.1 Å². The fraction of sp³-hybridized carbons (Fsp3) is 0.286. The van der Waals surface area contributed by atoms with Crippen LogP contribution in [0.15, 0.2) is 44.7 Å². The lowest BCUT2D eigenvalue weighted by molar-refractivity contribution is 0.203. The molecule has 0 N–H and O–H groups in total. The summed E-state index contributed by atoms with van der Waals surface area (Å²) in [6.45, 7) is 2.74. The predicted octanol–water partition coefficient (Wildman–Crippen LogP) is 3.58. The van der Waals surface area contributed by atoms with Crippen LogP contribution in [0, 0.1) is 0 Å². The maximum Gasteiger partial charge on any atom is 0.257 e. The van der Waals surface area contributed by atoms with Crippen molar-refractivity contribution in [2.45, 2.75) is 19.5 Å². The molecule has 0 aromatic carbocycles. The molecule has 0 bridgehead atoms. The van der Waals surface area contributed by atoms with E-state index in [0.717, 1.165) is 10.6 Å². The number of nitrogens with zero attached hydrogens (tertiary/aromatic N) is 3. The summed E-state index contributed by atoms with van der Waals surface area (Å²) >= 11 is 1.59. The molecule has 0 aliphatic heterocycles. The van der Waals surface area contributed by atoms with Gasteiger partial charge in [0.25, 0.3) is 5.89 Å². The van der Waals surface area contributed by atoms with Crippen molar-refractivity contribution in [3.05, 3.63) is 47.6 Å². The SMILES string of the molecule is C[C@@H](c1nnc(-c2cccs2)o1)N(C)Cc1ccco1. The number of furan rings is 1. The highest BCUT2D eigenvalue weighted by Crippen LogP contribution is 2.26. The molecule has 3 aromatic rings. The highest BCUT2D eigenvalue weighted by Gasteiger charge is 2.20. The molecule has 3 rings (SSSR count). The zero-order valence-electron chi connectivity index (χ0n) is 11.3. The minimum absolute atomic E-state index is 0.0290. The second kappa shape index (κ2) is 5.60. The van der Waals surface area contributed by atoms with Crippen LogP contribution in [0.2, 0.25) is 0 Å². The van der Waals surface area contributed by atoms with Crippen LogP contribution < -0.4 is 0 Å². The fourth-order valence-corrected chi connectivity index (χ4v) is 2.52. The molecule has 0 saturated carbocycles. The van der Waals surface area contributed by atoms with Crippen LogP contribution in [0.1, 0.15) is 24.6 Å². The van der Waals surface area contributed by atoms with Crippen LogP contribution in [-0.4, -0.2) is 22.1 Å². The summed E-state index contributed by atoms with van der Waals surface area (Å²) in [5.41, 5.74) is 0. The van der Waals surface area contributed by atoms with Crippen molar-refractivity contribution in [3.8, 4) is 10.8 Å². The Balaban J connectivity index is 1.72. The standard InChI is InChI=1S/C14H15N3O2S/c1-10(17(2)9-11-5-3-7-18-11)13-15-16-14(19-13)12-6-4-8-20-12/h3-8,10H,9H2,1-2H3/t10-/m0/s1. The maximum atomic E-state index is 5.75. The van der Waals surface area contributed by atoms with Crippen LogP contribution in [0.5, 0.6) is 0 Å². The molecule has 3 heterocycles. The van der Waals surface area contributed by atoms with E-state index in [1.807, 2.05) is 43.6 Å². The predicted molar refractivity (Wildman–Crippen MR) is 76.2 cm³/mol. The Morgan fingerprint density at radius 2 is 2.20 bits per heavy atom. The molecular formula is C14H15N3O2S. The molecule has 0 radical (unpaired) electrons. The first-order valence-electron chi connectivity index (χ1n) is 6.34. The summed E-state index contributed by atoms with van der Waals surface area (Å²) in [5, 5.41) is 10.2. The van der Waals surface area contributed by atoms with E-state index in [-0.39, 0.29) is 6.04 Å². The quantitative estimate of drug-likeness (QED) is 0.718. The van der Waals surface area contributed by atoms with E-state index >= 15 is 0 Å². The Morgan fingerprint density at radius 1 is 1.30 bits per heavy atom. The molecule has 0 fully saturated rings. The van der Waals surface area contributed by atoms with E-state index in [0.29, 0.717) is 18.3 Å². The van der Waals surface area contributed by atoms with Gasteiger partial charge in [-0.15, -0.1) is 21.5 Å². The first kappa shape index (κ1) is 13.1. The van der Waals surface area contributed by atoms with Crippen molar-refractivity contribution in [2.24, 2.45) is 0 Å². The van der Waals surface area contributed by atoms with Crippen LogP contribution in [-0.2, 0) is 6.54 Å². The van der Waals surface area contributed by atoms with Crippen molar-refractivity contribution < 1.29 is 8.83 Å². The van der Waals surface area contributed by atoms with Gasteiger partial charge in [0.1, 0.15) is 5.76 Å². The first-order valence-corrected chi connectivity index (χ1v) is 7.22. The van der Waals surface area contributed by atoms with Gasteiger partial charge in [-0.25, -0.2) is 0 Å². The lowest BCUT2D eigenvalue weighted by Crippen LogP contribution is -2.21. The number of aromatic nitrogens is 2.